The third-order valence-corrected chi connectivity index (χ3v) is 7.09. The molecule has 0 amide bonds. The average Bonchev–Trinajstić information content (AvgIpc) is 3.79. The number of ether oxygens (including phenoxy) is 4. The molecule has 2 aliphatic heterocycles. The zero-order valence-electron chi connectivity index (χ0n) is 22.1. The molecule has 4 rings (SSSR count). The van der Waals surface area contributed by atoms with Crippen molar-refractivity contribution in [3.05, 3.63) is 58.7 Å². The van der Waals surface area contributed by atoms with Crippen molar-refractivity contribution in [3.8, 4) is 11.5 Å². The molecule has 216 valence electrons. The summed E-state index contributed by atoms with van der Waals surface area (Å²) in [6, 6.07) is 6.25. The normalized spacial score (nSPS) is 19.2. The Morgan fingerprint density at radius 2 is 1.08 bits per heavy atom. The Kier molecular flexibility index (Phi) is 9.05. The molecule has 4 nitrogen and oxygen atoms in total. The van der Waals surface area contributed by atoms with Crippen LogP contribution in [0, 0.1) is 0 Å². The predicted molar refractivity (Wildman–Crippen MR) is 133 cm³/mol. The Hall–Kier alpha value is -2.46. The lowest BCUT2D eigenvalue weighted by Gasteiger charge is -2.39. The summed E-state index contributed by atoms with van der Waals surface area (Å²) >= 11 is 0. The quantitative estimate of drug-likeness (QED) is 0.179. The highest BCUT2D eigenvalue weighted by molar-refractivity contribution is 5.51. The van der Waals surface area contributed by atoms with Gasteiger partial charge in [0.2, 0.25) is 5.41 Å². The minimum atomic E-state index is -5.68. The molecule has 0 radical (unpaired) electrons. The van der Waals surface area contributed by atoms with Crippen LogP contribution in [0.5, 0.6) is 11.5 Å². The fourth-order valence-electron chi connectivity index (χ4n) is 4.71. The van der Waals surface area contributed by atoms with Crippen LogP contribution >= 0.6 is 0 Å². The molecular formula is C29H34F6O4. The van der Waals surface area contributed by atoms with Crippen LogP contribution in [-0.2, 0) is 27.7 Å². The van der Waals surface area contributed by atoms with E-state index in [4.69, 9.17) is 18.9 Å². The Labute approximate surface area is 224 Å². The van der Waals surface area contributed by atoms with Crippen LogP contribution in [0.25, 0.3) is 0 Å². The standard InChI is InChI=1S/C29H34F6O4/c1-3-5-7-19-13-21(9-11-25(19)38-17-23-15-36-23)27(28(30,31)32,29(33,34)35)22-10-12-26(39-18-24-16-37-24)20(14-22)8-6-4-2/h9-14,23-24H,3-8,15-18H2,1-2H3. The lowest BCUT2D eigenvalue weighted by Crippen LogP contribution is -2.54. The minimum absolute atomic E-state index is 0.109. The third kappa shape index (κ3) is 6.65. The highest BCUT2D eigenvalue weighted by atomic mass is 19.4. The lowest BCUT2D eigenvalue weighted by atomic mass is 9.71. The average molecular weight is 561 g/mol. The fraction of sp³-hybridized carbons (Fsp3) is 0.586. The zero-order valence-corrected chi connectivity index (χ0v) is 22.1. The maximum absolute atomic E-state index is 14.9. The molecule has 10 heteroatoms. The smallest absolute Gasteiger partial charge is 0.411 e. The van der Waals surface area contributed by atoms with Gasteiger partial charge in [0.05, 0.1) is 13.2 Å². The van der Waals surface area contributed by atoms with Crippen LogP contribution in [0.4, 0.5) is 26.3 Å². The van der Waals surface area contributed by atoms with Crippen LogP contribution in [-0.4, -0.2) is 51.0 Å². The van der Waals surface area contributed by atoms with Gasteiger partial charge in [-0.05, 0) is 60.1 Å². The Morgan fingerprint density at radius 1 is 0.692 bits per heavy atom. The molecule has 0 spiro atoms. The van der Waals surface area contributed by atoms with Gasteiger partial charge in [-0.2, -0.15) is 26.3 Å². The van der Waals surface area contributed by atoms with Gasteiger partial charge >= 0.3 is 12.4 Å². The molecule has 0 aliphatic carbocycles. The highest BCUT2D eigenvalue weighted by Gasteiger charge is 2.72. The van der Waals surface area contributed by atoms with E-state index in [0.29, 0.717) is 50.0 Å². The second-order valence-electron chi connectivity index (χ2n) is 10.1. The molecule has 0 N–H and O–H groups in total. The van der Waals surface area contributed by atoms with Gasteiger partial charge in [0, 0.05) is 0 Å². The van der Waals surface area contributed by atoms with Crippen molar-refractivity contribution >= 4 is 0 Å². The lowest BCUT2D eigenvalue weighted by molar-refractivity contribution is -0.288. The van der Waals surface area contributed by atoms with Crippen LogP contribution in [0.2, 0.25) is 0 Å². The fourth-order valence-corrected chi connectivity index (χ4v) is 4.71. The topological polar surface area (TPSA) is 43.5 Å². The van der Waals surface area contributed by atoms with E-state index in [1.54, 1.807) is 0 Å². The van der Waals surface area contributed by atoms with Gasteiger partial charge in [0.25, 0.3) is 0 Å². The third-order valence-electron chi connectivity index (χ3n) is 7.09. The maximum Gasteiger partial charge on any atom is 0.411 e. The summed E-state index contributed by atoms with van der Waals surface area (Å²) in [5, 5.41) is 0. The van der Waals surface area contributed by atoms with Gasteiger partial charge in [-0.1, -0.05) is 51.0 Å². The van der Waals surface area contributed by atoms with Gasteiger partial charge in [-0.15, -0.1) is 0 Å². The van der Waals surface area contributed by atoms with E-state index in [0.717, 1.165) is 24.3 Å². The monoisotopic (exact) mass is 560 g/mol. The molecule has 2 saturated heterocycles. The molecule has 39 heavy (non-hydrogen) atoms. The van der Waals surface area contributed by atoms with Crippen LogP contribution in [0.1, 0.15) is 61.8 Å². The number of aryl methyl sites for hydroxylation is 2. The molecule has 0 bridgehead atoms. The number of benzene rings is 2. The van der Waals surface area contributed by atoms with Crippen LogP contribution < -0.4 is 9.47 Å². The summed E-state index contributed by atoms with van der Waals surface area (Å²) in [7, 11) is 0. The van der Waals surface area contributed by atoms with Crippen molar-refractivity contribution in [2.24, 2.45) is 0 Å². The Bertz CT molecular complexity index is 1020. The maximum atomic E-state index is 14.9. The summed E-state index contributed by atoms with van der Waals surface area (Å²) in [6.07, 6.45) is -8.40. The van der Waals surface area contributed by atoms with Crippen molar-refractivity contribution in [2.75, 3.05) is 26.4 Å². The van der Waals surface area contributed by atoms with Crippen molar-refractivity contribution in [3.63, 3.8) is 0 Å². The number of alkyl halides is 6. The molecular weight excluding hydrogens is 526 g/mol. The van der Waals surface area contributed by atoms with Crippen molar-refractivity contribution in [1.29, 1.82) is 0 Å². The van der Waals surface area contributed by atoms with Gasteiger partial charge < -0.3 is 18.9 Å². The predicted octanol–water partition coefficient (Wildman–Crippen LogP) is 7.34. The van der Waals surface area contributed by atoms with E-state index in [2.05, 4.69) is 0 Å². The molecule has 2 atom stereocenters. The molecule has 2 aromatic carbocycles. The number of halogens is 6. The number of unbranched alkanes of at least 4 members (excludes halogenated alkanes) is 2. The van der Waals surface area contributed by atoms with Gasteiger partial charge in [0.1, 0.15) is 36.9 Å². The summed E-state index contributed by atoms with van der Waals surface area (Å²) in [5.41, 5.74) is -5.39. The zero-order chi connectivity index (χ0) is 28.3. The van der Waals surface area contributed by atoms with Gasteiger partial charge in [-0.3, -0.25) is 0 Å². The minimum Gasteiger partial charge on any atom is -0.491 e. The first-order chi connectivity index (χ1) is 18.5. The second kappa shape index (κ2) is 12.0. The molecule has 2 unspecified atom stereocenters. The van der Waals surface area contributed by atoms with Gasteiger partial charge in [-0.25, -0.2) is 0 Å². The summed E-state index contributed by atoms with van der Waals surface area (Å²) < 4.78 is 111. The SMILES string of the molecule is CCCCc1cc(C(c2ccc(OCC3CO3)c(CCCC)c2)(C(F)(F)F)C(F)(F)F)ccc1OCC1CO1. The Balaban J connectivity index is 1.84. The summed E-state index contributed by atoms with van der Waals surface area (Å²) in [4.78, 5) is 0. The van der Waals surface area contributed by atoms with Crippen LogP contribution in [0.15, 0.2) is 36.4 Å². The number of rotatable bonds is 14. The molecule has 2 aromatic rings. The number of hydrogen-bond acceptors (Lipinski definition) is 4. The van der Waals surface area contributed by atoms with Crippen molar-refractivity contribution in [1.82, 2.24) is 0 Å². The van der Waals surface area contributed by atoms with Crippen molar-refractivity contribution in [2.45, 2.75) is 82.3 Å². The molecule has 2 fully saturated rings. The summed E-state index contributed by atoms with van der Waals surface area (Å²) in [6.45, 7) is 5.21. The van der Waals surface area contributed by atoms with E-state index in [1.165, 1.54) is 12.1 Å². The first kappa shape index (κ1) is 29.5. The van der Waals surface area contributed by atoms with E-state index >= 15 is 0 Å². The molecule has 0 aromatic heterocycles. The van der Waals surface area contributed by atoms with Gasteiger partial charge in [0.15, 0.2) is 0 Å². The number of epoxide rings is 2. The molecule has 0 saturated carbocycles. The first-order valence-corrected chi connectivity index (χ1v) is 13.4. The second-order valence-corrected chi connectivity index (χ2v) is 10.1. The molecule has 2 heterocycles. The van der Waals surface area contributed by atoms with Crippen LogP contribution in [0.3, 0.4) is 0 Å². The van der Waals surface area contributed by atoms with E-state index in [9.17, 15) is 26.3 Å². The first-order valence-electron chi connectivity index (χ1n) is 13.4. The van der Waals surface area contributed by atoms with E-state index in [1.807, 2.05) is 13.8 Å². The number of hydrogen-bond donors (Lipinski definition) is 0. The van der Waals surface area contributed by atoms with Crippen molar-refractivity contribution < 1.29 is 45.3 Å². The largest absolute Gasteiger partial charge is 0.491 e. The highest BCUT2D eigenvalue weighted by Crippen LogP contribution is 2.57. The Morgan fingerprint density at radius 3 is 1.38 bits per heavy atom. The van der Waals surface area contributed by atoms with E-state index in [-0.39, 0.29) is 49.8 Å². The summed E-state index contributed by atoms with van der Waals surface area (Å²) in [5.74, 6) is 0.547. The van der Waals surface area contributed by atoms with E-state index < -0.39 is 28.9 Å². The molecule has 2 aliphatic rings.